The van der Waals surface area contributed by atoms with Gasteiger partial charge < -0.3 is 10.2 Å². The van der Waals surface area contributed by atoms with Crippen molar-refractivity contribution in [1.82, 2.24) is 0 Å². The molecule has 2 N–H and O–H groups in total. The van der Waals surface area contributed by atoms with Gasteiger partial charge in [-0.25, -0.2) is 0 Å². The number of carbonyl (C=O) groups excluding carboxylic acids is 1. The maximum atomic E-state index is 11.4. The fourth-order valence-corrected chi connectivity index (χ4v) is 1.28. The van der Waals surface area contributed by atoms with Crippen LogP contribution in [0.5, 0.6) is 0 Å². The molecular weight excluding hydrogens is 156 g/mol. The molecule has 0 aromatic rings. The molecule has 0 saturated carbocycles. The lowest BCUT2D eigenvalue weighted by Gasteiger charge is -2.32. The van der Waals surface area contributed by atoms with Crippen molar-refractivity contribution < 1.29 is 15.0 Å². The van der Waals surface area contributed by atoms with Crippen LogP contribution in [0.4, 0.5) is 0 Å². The molecule has 0 unspecified atom stereocenters. The van der Waals surface area contributed by atoms with Crippen molar-refractivity contribution in [2.24, 2.45) is 10.8 Å². The van der Waals surface area contributed by atoms with E-state index in [1.165, 1.54) is 0 Å². The normalized spacial score (nSPS) is 26.5. The molecule has 0 heterocycles. The van der Waals surface area contributed by atoms with E-state index in [0.717, 1.165) is 0 Å². The van der Waals surface area contributed by atoms with Crippen molar-refractivity contribution in [1.29, 1.82) is 0 Å². The van der Waals surface area contributed by atoms with E-state index in [0.29, 0.717) is 0 Å². The molecule has 1 aliphatic rings. The molecule has 0 saturated heterocycles. The summed E-state index contributed by atoms with van der Waals surface area (Å²) in [5.74, 6) is -1.06. The van der Waals surface area contributed by atoms with Crippen LogP contribution in [0.15, 0.2) is 11.5 Å². The largest absolute Gasteiger partial charge is 0.508 e. The van der Waals surface area contributed by atoms with Gasteiger partial charge in [0.05, 0.1) is 0 Å². The summed E-state index contributed by atoms with van der Waals surface area (Å²) in [6.07, 6.45) is 0. The number of carbonyl (C=O) groups is 1. The molecule has 0 spiro atoms. The summed E-state index contributed by atoms with van der Waals surface area (Å²) in [4.78, 5) is 11.4. The van der Waals surface area contributed by atoms with Gasteiger partial charge in [-0.3, -0.25) is 4.79 Å². The smallest absolute Gasteiger partial charge is 0.207 e. The topological polar surface area (TPSA) is 57.5 Å². The highest BCUT2D eigenvalue weighted by atomic mass is 16.3. The monoisotopic (exact) mass is 170 g/mol. The van der Waals surface area contributed by atoms with E-state index in [1.54, 1.807) is 27.7 Å². The van der Waals surface area contributed by atoms with E-state index >= 15 is 0 Å². The Morgan fingerprint density at radius 1 is 1.00 bits per heavy atom. The van der Waals surface area contributed by atoms with Crippen LogP contribution in [0.1, 0.15) is 27.7 Å². The first-order chi connectivity index (χ1) is 5.23. The SMILES string of the molecule is CC1(C)C(=O)C(O)=C(O)C1(C)C. The number of ketones is 1. The number of rotatable bonds is 0. The summed E-state index contributed by atoms with van der Waals surface area (Å²) in [7, 11) is 0. The Morgan fingerprint density at radius 2 is 1.42 bits per heavy atom. The Balaban J connectivity index is 3.31. The standard InChI is InChI=1S/C9H14O3/c1-8(2)6(11)5(10)7(12)9(8,3)4/h10-11H,1-4H3. The van der Waals surface area contributed by atoms with Gasteiger partial charge >= 0.3 is 0 Å². The Kier molecular flexibility index (Phi) is 1.54. The van der Waals surface area contributed by atoms with Gasteiger partial charge in [0.1, 0.15) is 5.76 Å². The third-order valence-electron chi connectivity index (χ3n) is 3.16. The van der Waals surface area contributed by atoms with Gasteiger partial charge in [0, 0.05) is 10.8 Å². The lowest BCUT2D eigenvalue weighted by Crippen LogP contribution is -2.34. The molecule has 1 rings (SSSR count). The molecule has 0 amide bonds. The first-order valence-electron chi connectivity index (χ1n) is 3.90. The van der Waals surface area contributed by atoms with Crippen molar-refractivity contribution in [2.45, 2.75) is 27.7 Å². The van der Waals surface area contributed by atoms with Crippen LogP contribution in [-0.4, -0.2) is 16.0 Å². The van der Waals surface area contributed by atoms with Gasteiger partial charge in [-0.1, -0.05) is 27.7 Å². The van der Waals surface area contributed by atoms with Gasteiger partial charge in [-0.15, -0.1) is 0 Å². The second-order valence-electron chi connectivity index (χ2n) is 4.28. The number of aliphatic hydroxyl groups excluding tert-OH is 2. The minimum absolute atomic E-state index is 0.197. The van der Waals surface area contributed by atoms with Crippen molar-refractivity contribution >= 4 is 5.78 Å². The molecule has 0 atom stereocenters. The third kappa shape index (κ3) is 0.737. The molecule has 3 nitrogen and oxygen atoms in total. The molecule has 0 bridgehead atoms. The highest BCUT2D eigenvalue weighted by Crippen LogP contribution is 2.51. The van der Waals surface area contributed by atoms with Crippen LogP contribution in [0, 0.1) is 10.8 Å². The summed E-state index contributed by atoms with van der Waals surface area (Å²) in [6, 6.07) is 0. The molecule has 0 radical (unpaired) electrons. The molecule has 0 aromatic carbocycles. The predicted molar refractivity (Wildman–Crippen MR) is 44.9 cm³/mol. The number of allylic oxidation sites excluding steroid dienone is 2. The van der Waals surface area contributed by atoms with Gasteiger partial charge in [-0.2, -0.15) is 0 Å². The van der Waals surface area contributed by atoms with E-state index < -0.39 is 16.6 Å². The van der Waals surface area contributed by atoms with Gasteiger partial charge in [-0.05, 0) is 0 Å². The van der Waals surface area contributed by atoms with E-state index in [4.69, 9.17) is 0 Å². The molecular formula is C9H14O3. The third-order valence-corrected chi connectivity index (χ3v) is 3.16. The lowest BCUT2D eigenvalue weighted by atomic mass is 9.69. The maximum absolute atomic E-state index is 11.4. The summed E-state index contributed by atoms with van der Waals surface area (Å²) in [5.41, 5.74) is -1.39. The molecule has 0 aliphatic heterocycles. The van der Waals surface area contributed by atoms with Crippen LogP contribution < -0.4 is 0 Å². The summed E-state index contributed by atoms with van der Waals surface area (Å²) < 4.78 is 0. The number of hydrogen-bond donors (Lipinski definition) is 2. The highest BCUT2D eigenvalue weighted by Gasteiger charge is 2.54. The lowest BCUT2D eigenvalue weighted by molar-refractivity contribution is -0.127. The molecule has 68 valence electrons. The van der Waals surface area contributed by atoms with Crippen LogP contribution in [0.25, 0.3) is 0 Å². The second-order valence-corrected chi connectivity index (χ2v) is 4.28. The molecule has 12 heavy (non-hydrogen) atoms. The fraction of sp³-hybridized carbons (Fsp3) is 0.667. The zero-order valence-electron chi connectivity index (χ0n) is 7.80. The van der Waals surface area contributed by atoms with Gasteiger partial charge in [0.25, 0.3) is 0 Å². The highest BCUT2D eigenvalue weighted by molar-refractivity contribution is 6.01. The quantitative estimate of drug-likeness (QED) is 0.584. The van der Waals surface area contributed by atoms with E-state index in [2.05, 4.69) is 0 Å². The van der Waals surface area contributed by atoms with Crippen LogP contribution in [-0.2, 0) is 4.79 Å². The molecule has 1 aliphatic carbocycles. The van der Waals surface area contributed by atoms with E-state index in [1.807, 2.05) is 0 Å². The number of aliphatic hydroxyl groups is 2. The first kappa shape index (κ1) is 9.10. The summed E-state index contributed by atoms with van der Waals surface area (Å²) in [6.45, 7) is 6.91. The Hall–Kier alpha value is -0.990. The molecule has 0 fully saturated rings. The zero-order chi connectivity index (χ0) is 9.73. The number of Topliss-reactive ketones (excluding diaryl/α,β-unsaturated/α-hetero) is 1. The predicted octanol–water partition coefficient (Wildman–Crippen LogP) is 1.95. The minimum Gasteiger partial charge on any atom is -0.508 e. The Morgan fingerprint density at radius 3 is 1.50 bits per heavy atom. The Bertz CT molecular complexity index is 271. The van der Waals surface area contributed by atoms with Crippen molar-refractivity contribution in [3.05, 3.63) is 11.5 Å². The average Bonchev–Trinajstić information content (AvgIpc) is 2.05. The van der Waals surface area contributed by atoms with Crippen LogP contribution >= 0.6 is 0 Å². The molecule has 3 heteroatoms. The number of hydrogen-bond acceptors (Lipinski definition) is 3. The minimum atomic E-state index is -0.721. The molecule has 0 aromatic heterocycles. The Labute approximate surface area is 71.7 Å². The maximum Gasteiger partial charge on any atom is 0.207 e. The summed E-state index contributed by atoms with van der Waals surface area (Å²) in [5, 5.41) is 18.7. The zero-order valence-corrected chi connectivity index (χ0v) is 7.80. The first-order valence-corrected chi connectivity index (χ1v) is 3.90. The fourth-order valence-electron chi connectivity index (χ4n) is 1.28. The van der Waals surface area contributed by atoms with Gasteiger partial charge in [0.15, 0.2) is 5.76 Å². The van der Waals surface area contributed by atoms with Crippen LogP contribution in [0.2, 0.25) is 0 Å². The van der Waals surface area contributed by atoms with E-state index in [9.17, 15) is 15.0 Å². The van der Waals surface area contributed by atoms with Crippen molar-refractivity contribution in [3.8, 4) is 0 Å². The van der Waals surface area contributed by atoms with Crippen molar-refractivity contribution in [3.63, 3.8) is 0 Å². The second kappa shape index (κ2) is 2.03. The van der Waals surface area contributed by atoms with E-state index in [-0.39, 0.29) is 11.5 Å². The van der Waals surface area contributed by atoms with Crippen LogP contribution in [0.3, 0.4) is 0 Å². The summed E-state index contributed by atoms with van der Waals surface area (Å²) >= 11 is 0. The average molecular weight is 170 g/mol. The van der Waals surface area contributed by atoms with Gasteiger partial charge in [0.2, 0.25) is 5.78 Å². The van der Waals surface area contributed by atoms with Crippen molar-refractivity contribution in [2.75, 3.05) is 0 Å².